The average Bonchev–Trinajstić information content (AvgIpc) is 1.52. The van der Waals surface area contributed by atoms with Gasteiger partial charge in [0.1, 0.15) is 0 Å². The highest BCUT2D eigenvalue weighted by molar-refractivity contribution is 5.16. The molecule has 3 saturated carbocycles. The fourth-order valence-corrected chi connectivity index (χ4v) is 3.35. The first-order valence-corrected chi connectivity index (χ1v) is 4.67. The molecule has 3 aliphatic carbocycles. The van der Waals surface area contributed by atoms with E-state index in [1.807, 2.05) is 0 Å². The van der Waals surface area contributed by atoms with E-state index in [-0.39, 0.29) is 0 Å². The van der Waals surface area contributed by atoms with E-state index in [9.17, 15) is 0 Å². The Balaban J connectivity index is 1.69. The van der Waals surface area contributed by atoms with Crippen LogP contribution in [0.15, 0.2) is 0 Å². The quantitative estimate of drug-likeness (QED) is 0.479. The molecule has 2 spiro atoms. The van der Waals surface area contributed by atoms with Gasteiger partial charge < -0.3 is 0 Å². The molecular weight excluding hydrogens is 120 g/mol. The summed E-state index contributed by atoms with van der Waals surface area (Å²) < 4.78 is 0. The smallest absolute Gasteiger partial charge is 0.0256 e. The van der Waals surface area contributed by atoms with Gasteiger partial charge in [-0.1, -0.05) is 6.42 Å². The summed E-state index contributed by atoms with van der Waals surface area (Å²) in [5, 5.41) is 0. The van der Waals surface area contributed by atoms with Crippen LogP contribution in [0.2, 0.25) is 0 Å². The van der Waals surface area contributed by atoms with Crippen molar-refractivity contribution in [2.75, 3.05) is 0 Å². The fraction of sp³-hybridized carbons (Fsp3) is 0.900. The summed E-state index contributed by atoms with van der Waals surface area (Å²) >= 11 is 0. The van der Waals surface area contributed by atoms with E-state index in [4.69, 9.17) is 0 Å². The molecule has 0 N–H and O–H groups in total. The number of rotatable bonds is 0. The van der Waals surface area contributed by atoms with Gasteiger partial charge in [0.25, 0.3) is 0 Å². The van der Waals surface area contributed by atoms with Gasteiger partial charge in [-0.15, -0.1) is 0 Å². The molecule has 1 radical (unpaired) electrons. The second-order valence-corrected chi connectivity index (χ2v) is 4.81. The Kier molecular flexibility index (Phi) is 0.810. The largest absolute Gasteiger partial charge is 0.0522 e. The highest BCUT2D eigenvalue weighted by Gasteiger charge is 2.58. The van der Waals surface area contributed by atoms with Crippen LogP contribution in [-0.2, 0) is 0 Å². The molecule has 0 nitrogen and oxygen atoms in total. The highest BCUT2D eigenvalue weighted by Crippen LogP contribution is 2.70. The Morgan fingerprint density at radius 3 is 2.00 bits per heavy atom. The monoisotopic (exact) mass is 135 g/mol. The van der Waals surface area contributed by atoms with Crippen LogP contribution in [-0.4, -0.2) is 0 Å². The molecule has 0 heteroatoms. The maximum Gasteiger partial charge on any atom is -0.0256 e. The van der Waals surface area contributed by atoms with Crippen molar-refractivity contribution in [2.45, 2.75) is 44.9 Å². The highest BCUT2D eigenvalue weighted by atomic mass is 14.6. The van der Waals surface area contributed by atoms with Crippen molar-refractivity contribution < 1.29 is 0 Å². The van der Waals surface area contributed by atoms with Gasteiger partial charge in [0, 0.05) is 0 Å². The Morgan fingerprint density at radius 1 is 1.00 bits per heavy atom. The van der Waals surface area contributed by atoms with Crippen LogP contribution < -0.4 is 0 Å². The van der Waals surface area contributed by atoms with Gasteiger partial charge in [0.05, 0.1) is 0 Å². The molecule has 0 saturated heterocycles. The van der Waals surface area contributed by atoms with Gasteiger partial charge in [0.2, 0.25) is 0 Å². The normalized spacial score (nSPS) is 38.4. The molecule has 3 aliphatic rings. The molecule has 55 valence electrons. The van der Waals surface area contributed by atoms with E-state index < -0.39 is 0 Å². The third kappa shape index (κ3) is 0.500. The number of hydrogen-bond acceptors (Lipinski definition) is 0. The lowest BCUT2D eigenvalue weighted by atomic mass is 9.40. The predicted molar refractivity (Wildman–Crippen MR) is 41.5 cm³/mol. The van der Waals surface area contributed by atoms with E-state index in [1.54, 1.807) is 25.7 Å². The summed E-state index contributed by atoms with van der Waals surface area (Å²) in [4.78, 5) is 0. The molecule has 10 heavy (non-hydrogen) atoms. The first-order chi connectivity index (χ1) is 4.83. The van der Waals surface area contributed by atoms with Crippen LogP contribution >= 0.6 is 0 Å². The fourth-order valence-electron chi connectivity index (χ4n) is 3.35. The van der Waals surface area contributed by atoms with Crippen LogP contribution in [0.5, 0.6) is 0 Å². The number of hydrogen-bond donors (Lipinski definition) is 0. The van der Waals surface area contributed by atoms with Gasteiger partial charge in [-0.05, 0) is 55.8 Å². The Labute approximate surface area is 63.0 Å². The van der Waals surface area contributed by atoms with E-state index in [1.165, 1.54) is 19.3 Å². The van der Waals surface area contributed by atoms with Crippen molar-refractivity contribution in [1.29, 1.82) is 0 Å². The summed E-state index contributed by atoms with van der Waals surface area (Å²) in [5.74, 6) is 0. The minimum atomic E-state index is 0.806. The van der Waals surface area contributed by atoms with E-state index in [0.29, 0.717) is 0 Å². The lowest BCUT2D eigenvalue weighted by molar-refractivity contribution is -0.105. The first-order valence-electron chi connectivity index (χ1n) is 4.67. The second-order valence-electron chi connectivity index (χ2n) is 4.81. The topological polar surface area (TPSA) is 0 Å². The van der Waals surface area contributed by atoms with Crippen LogP contribution in [0.4, 0.5) is 0 Å². The lowest BCUT2D eigenvalue weighted by Gasteiger charge is -2.65. The van der Waals surface area contributed by atoms with Gasteiger partial charge in [0.15, 0.2) is 0 Å². The zero-order valence-electron chi connectivity index (χ0n) is 6.53. The van der Waals surface area contributed by atoms with Crippen LogP contribution in [0.1, 0.15) is 44.9 Å². The summed E-state index contributed by atoms with van der Waals surface area (Å²) in [6.07, 6.45) is 13.3. The molecule has 0 aromatic carbocycles. The van der Waals surface area contributed by atoms with Crippen LogP contribution in [0.3, 0.4) is 0 Å². The molecule has 3 rings (SSSR count). The molecule has 0 bridgehead atoms. The maximum absolute atomic E-state index is 2.58. The van der Waals surface area contributed by atoms with Crippen molar-refractivity contribution >= 4 is 0 Å². The third-order valence-corrected chi connectivity index (χ3v) is 4.09. The third-order valence-electron chi connectivity index (χ3n) is 4.09. The Bertz CT molecular complexity index is 133. The van der Waals surface area contributed by atoms with Gasteiger partial charge in [-0.25, -0.2) is 0 Å². The molecule has 0 amide bonds. The zero-order valence-corrected chi connectivity index (χ0v) is 6.53. The van der Waals surface area contributed by atoms with Gasteiger partial charge >= 0.3 is 0 Å². The van der Waals surface area contributed by atoms with Crippen molar-refractivity contribution in [3.05, 3.63) is 6.42 Å². The predicted octanol–water partition coefficient (Wildman–Crippen LogP) is 2.93. The standard InChI is InChI=1S/C10H15/c1-3-9(4-1)7-10(8-9)5-2-6-10/h3H,1-2,4-8H2. The SMILES string of the molecule is [CH]1CCC12CC1(CCC1)C2. The van der Waals surface area contributed by atoms with Gasteiger partial charge in [-0.3, -0.25) is 0 Å². The van der Waals surface area contributed by atoms with Gasteiger partial charge in [-0.2, -0.15) is 0 Å². The molecule has 0 aromatic rings. The van der Waals surface area contributed by atoms with E-state index >= 15 is 0 Å². The van der Waals surface area contributed by atoms with Crippen LogP contribution in [0, 0.1) is 17.3 Å². The molecular formula is C10H15. The van der Waals surface area contributed by atoms with Crippen molar-refractivity contribution in [3.63, 3.8) is 0 Å². The Hall–Kier alpha value is 0. The summed E-state index contributed by atoms with van der Waals surface area (Å²) in [6, 6.07) is 0. The zero-order chi connectivity index (χ0) is 6.66. The van der Waals surface area contributed by atoms with E-state index in [2.05, 4.69) is 6.42 Å². The molecule has 0 heterocycles. The molecule has 0 aliphatic heterocycles. The minimum Gasteiger partial charge on any atom is -0.0522 e. The summed E-state index contributed by atoms with van der Waals surface area (Å²) in [7, 11) is 0. The van der Waals surface area contributed by atoms with E-state index in [0.717, 1.165) is 10.8 Å². The summed E-state index contributed by atoms with van der Waals surface area (Å²) in [6.45, 7) is 0. The molecule has 0 aromatic heterocycles. The average molecular weight is 135 g/mol. The first kappa shape index (κ1) is 5.62. The molecule has 0 unspecified atom stereocenters. The maximum atomic E-state index is 2.58. The van der Waals surface area contributed by atoms with Crippen LogP contribution in [0.25, 0.3) is 0 Å². The Morgan fingerprint density at radius 2 is 1.70 bits per heavy atom. The lowest BCUT2D eigenvalue weighted by Crippen LogP contribution is -2.53. The van der Waals surface area contributed by atoms with Crippen molar-refractivity contribution in [2.24, 2.45) is 10.8 Å². The minimum absolute atomic E-state index is 0.806. The van der Waals surface area contributed by atoms with Crippen molar-refractivity contribution in [1.82, 2.24) is 0 Å². The molecule has 3 fully saturated rings. The van der Waals surface area contributed by atoms with Crippen molar-refractivity contribution in [3.8, 4) is 0 Å². The summed E-state index contributed by atoms with van der Waals surface area (Å²) in [5.41, 5.74) is 1.71. The second kappa shape index (κ2) is 1.44. The molecule has 0 atom stereocenters.